The molecule has 302 valence electrons. The van der Waals surface area contributed by atoms with Crippen molar-refractivity contribution in [3.63, 3.8) is 0 Å². The van der Waals surface area contributed by atoms with Crippen molar-refractivity contribution in [3.8, 4) is 0 Å². The molecule has 0 N–H and O–H groups in total. The average molecular weight is 723 g/mol. The molecular formula is C48H99OP. The van der Waals surface area contributed by atoms with Gasteiger partial charge in [-0.1, -0.05) is 274 Å². The second kappa shape index (κ2) is 31.6. The molecule has 0 aliphatic rings. The Bertz CT molecular complexity index is 664. The molecule has 0 bridgehead atoms. The standard InChI is InChI=1S/C48H99OP/c1-10-13-16-19-22-25-28-31-34-37-40-43-46(4,5)50(49,47(6,7)44-41-38-35-32-29-26-23-20-17-14-11-2)48(8,9)45-42-39-36-33-30-27-24-21-18-15-12-3/h10-45H2,1-9H3. The molecule has 0 spiro atoms. The van der Waals surface area contributed by atoms with E-state index in [2.05, 4.69) is 62.3 Å². The summed E-state index contributed by atoms with van der Waals surface area (Å²) in [4.78, 5) is 0. The maximum Gasteiger partial charge on any atom is 0.104 e. The van der Waals surface area contributed by atoms with E-state index >= 15 is 4.57 Å². The van der Waals surface area contributed by atoms with Crippen molar-refractivity contribution in [1.82, 2.24) is 0 Å². The lowest BCUT2D eigenvalue weighted by Gasteiger charge is -2.53. The second-order valence-electron chi connectivity index (χ2n) is 18.9. The third-order valence-corrected chi connectivity index (χ3v) is 18.5. The average Bonchev–Trinajstić information content (AvgIpc) is 3.07. The summed E-state index contributed by atoms with van der Waals surface area (Å²) in [7, 11) is -2.57. The summed E-state index contributed by atoms with van der Waals surface area (Å²) in [6, 6.07) is 0. The van der Waals surface area contributed by atoms with Crippen LogP contribution in [-0.4, -0.2) is 15.5 Å². The van der Waals surface area contributed by atoms with E-state index in [4.69, 9.17) is 0 Å². The van der Waals surface area contributed by atoms with E-state index in [1.54, 1.807) is 0 Å². The summed E-state index contributed by atoms with van der Waals surface area (Å²) in [5.41, 5.74) is 0. The molecule has 0 fully saturated rings. The van der Waals surface area contributed by atoms with Crippen LogP contribution in [0.3, 0.4) is 0 Å². The zero-order chi connectivity index (χ0) is 37.5. The van der Waals surface area contributed by atoms with Crippen molar-refractivity contribution in [2.45, 2.75) is 309 Å². The molecule has 0 aromatic rings. The molecule has 0 rings (SSSR count). The predicted octanol–water partition coefficient (Wildman–Crippen LogP) is 18.8. The number of hydrogen-bond acceptors (Lipinski definition) is 1. The van der Waals surface area contributed by atoms with E-state index in [9.17, 15) is 0 Å². The number of rotatable bonds is 39. The van der Waals surface area contributed by atoms with Gasteiger partial charge in [-0.15, -0.1) is 0 Å². The van der Waals surface area contributed by atoms with Crippen LogP contribution >= 0.6 is 7.14 Å². The molecule has 0 aliphatic carbocycles. The fourth-order valence-corrected chi connectivity index (χ4v) is 15.9. The Morgan fingerprint density at radius 1 is 0.260 bits per heavy atom. The van der Waals surface area contributed by atoms with Crippen molar-refractivity contribution in [1.29, 1.82) is 0 Å². The van der Waals surface area contributed by atoms with E-state index in [0.717, 1.165) is 19.3 Å². The van der Waals surface area contributed by atoms with Crippen LogP contribution in [0, 0.1) is 0 Å². The van der Waals surface area contributed by atoms with Crippen LogP contribution in [0.4, 0.5) is 0 Å². The smallest absolute Gasteiger partial charge is 0.104 e. The zero-order valence-corrected chi connectivity index (χ0v) is 37.7. The number of hydrogen-bond donors (Lipinski definition) is 0. The van der Waals surface area contributed by atoms with Crippen LogP contribution in [0.2, 0.25) is 0 Å². The van der Waals surface area contributed by atoms with E-state index < -0.39 is 7.14 Å². The molecule has 50 heavy (non-hydrogen) atoms. The first kappa shape index (κ1) is 50.2. The Morgan fingerprint density at radius 2 is 0.400 bits per heavy atom. The van der Waals surface area contributed by atoms with Crippen LogP contribution in [-0.2, 0) is 4.57 Å². The third kappa shape index (κ3) is 22.4. The first-order valence-electron chi connectivity index (χ1n) is 23.5. The minimum atomic E-state index is -2.57. The van der Waals surface area contributed by atoms with E-state index in [-0.39, 0.29) is 15.5 Å². The van der Waals surface area contributed by atoms with Crippen LogP contribution in [0.25, 0.3) is 0 Å². The molecule has 0 heterocycles. The van der Waals surface area contributed by atoms with Gasteiger partial charge < -0.3 is 4.57 Å². The maximum atomic E-state index is 16.0. The van der Waals surface area contributed by atoms with Crippen LogP contribution in [0.1, 0.15) is 293 Å². The second-order valence-corrected chi connectivity index (χ2v) is 23.8. The van der Waals surface area contributed by atoms with E-state index in [1.807, 2.05) is 0 Å². The van der Waals surface area contributed by atoms with Gasteiger partial charge in [0.2, 0.25) is 0 Å². The fraction of sp³-hybridized carbons (Fsp3) is 1.00. The molecule has 0 saturated heterocycles. The Balaban J connectivity index is 5.06. The van der Waals surface area contributed by atoms with Gasteiger partial charge in [0.1, 0.15) is 7.14 Å². The highest BCUT2D eigenvalue weighted by Crippen LogP contribution is 2.77. The zero-order valence-electron chi connectivity index (χ0n) is 36.8. The number of unbranched alkanes of at least 4 members (excludes halogenated alkanes) is 30. The highest BCUT2D eigenvalue weighted by molar-refractivity contribution is 7.68. The van der Waals surface area contributed by atoms with E-state index in [1.165, 1.54) is 212 Å². The molecule has 0 aromatic carbocycles. The van der Waals surface area contributed by atoms with Gasteiger partial charge in [0.05, 0.1) is 0 Å². The van der Waals surface area contributed by atoms with Gasteiger partial charge >= 0.3 is 0 Å². The summed E-state index contributed by atoms with van der Waals surface area (Å²) < 4.78 is 16.0. The SMILES string of the molecule is CCCCCCCCCCCCCC(C)(C)P(=O)(C(C)(C)CCCCCCCCCCCCC)C(C)(C)CCCCCCCCCCCCC. The fourth-order valence-electron chi connectivity index (χ4n) is 9.60. The molecule has 0 aliphatic heterocycles. The molecule has 0 aromatic heterocycles. The Labute approximate surface area is 319 Å². The highest BCUT2D eigenvalue weighted by atomic mass is 31.2. The van der Waals surface area contributed by atoms with Gasteiger partial charge in [0.15, 0.2) is 0 Å². The molecule has 0 amide bonds. The van der Waals surface area contributed by atoms with Crippen LogP contribution in [0.5, 0.6) is 0 Å². The minimum Gasteiger partial charge on any atom is -0.322 e. The molecule has 1 nitrogen and oxygen atoms in total. The van der Waals surface area contributed by atoms with E-state index in [0.29, 0.717) is 0 Å². The van der Waals surface area contributed by atoms with Gasteiger partial charge in [0, 0.05) is 15.5 Å². The van der Waals surface area contributed by atoms with Gasteiger partial charge in [-0.2, -0.15) is 0 Å². The molecule has 0 atom stereocenters. The summed E-state index contributed by atoms with van der Waals surface area (Å²) >= 11 is 0. The molecule has 2 heteroatoms. The Kier molecular flexibility index (Phi) is 31.7. The lowest BCUT2D eigenvalue weighted by atomic mass is 10.00. The van der Waals surface area contributed by atoms with Crippen molar-refractivity contribution in [2.75, 3.05) is 0 Å². The normalized spacial score (nSPS) is 13.1. The minimum absolute atomic E-state index is 0.102. The Hall–Kier alpha value is 0.230. The van der Waals surface area contributed by atoms with Gasteiger partial charge in [0.25, 0.3) is 0 Å². The molecular weight excluding hydrogens is 624 g/mol. The largest absolute Gasteiger partial charge is 0.322 e. The Morgan fingerprint density at radius 3 is 0.560 bits per heavy atom. The van der Waals surface area contributed by atoms with Crippen molar-refractivity contribution < 1.29 is 4.57 Å². The first-order chi connectivity index (χ1) is 23.9. The summed E-state index contributed by atoms with van der Waals surface area (Å²) in [5.74, 6) is 0. The molecule has 0 unspecified atom stereocenters. The van der Waals surface area contributed by atoms with Gasteiger partial charge in [-0.3, -0.25) is 0 Å². The first-order valence-corrected chi connectivity index (χ1v) is 25.2. The molecule has 0 saturated carbocycles. The predicted molar refractivity (Wildman–Crippen MR) is 233 cm³/mol. The lowest BCUT2D eigenvalue weighted by Crippen LogP contribution is -2.43. The van der Waals surface area contributed by atoms with Crippen LogP contribution in [0.15, 0.2) is 0 Å². The van der Waals surface area contributed by atoms with Crippen molar-refractivity contribution >= 4 is 7.14 Å². The van der Waals surface area contributed by atoms with Crippen molar-refractivity contribution in [3.05, 3.63) is 0 Å². The summed E-state index contributed by atoms with van der Waals surface area (Å²) in [6.45, 7) is 21.5. The maximum absolute atomic E-state index is 16.0. The topological polar surface area (TPSA) is 17.1 Å². The van der Waals surface area contributed by atoms with Crippen LogP contribution < -0.4 is 0 Å². The highest BCUT2D eigenvalue weighted by Gasteiger charge is 2.57. The van der Waals surface area contributed by atoms with Gasteiger partial charge in [-0.05, 0) is 19.3 Å². The van der Waals surface area contributed by atoms with Gasteiger partial charge in [-0.25, -0.2) is 0 Å². The molecule has 0 radical (unpaired) electrons. The summed E-state index contributed by atoms with van der Waals surface area (Å²) in [5, 5.41) is -0.307. The quantitative estimate of drug-likeness (QED) is 0.0456. The summed E-state index contributed by atoms with van der Waals surface area (Å²) in [6.07, 6.45) is 48.9. The lowest BCUT2D eigenvalue weighted by molar-refractivity contribution is 0.408. The van der Waals surface area contributed by atoms with Crippen molar-refractivity contribution in [2.24, 2.45) is 0 Å². The third-order valence-electron chi connectivity index (χ3n) is 12.7. The monoisotopic (exact) mass is 723 g/mol.